The SMILES string of the molecule is CC(=O)N1CCN(c2ncnc3c(F)c(-c4cccc5ccc(F)c(Cl)c45)ncc23)CC1. The van der Waals surface area contributed by atoms with Gasteiger partial charge in [-0.25, -0.2) is 18.7 Å². The minimum absolute atomic E-state index is 0.0275. The molecule has 0 radical (unpaired) electrons. The Morgan fingerprint density at radius 1 is 1.03 bits per heavy atom. The number of rotatable bonds is 2. The molecule has 0 unspecified atom stereocenters. The molecule has 32 heavy (non-hydrogen) atoms. The van der Waals surface area contributed by atoms with Crippen LogP contribution < -0.4 is 4.90 Å². The van der Waals surface area contributed by atoms with Gasteiger partial charge in [0.25, 0.3) is 0 Å². The predicted molar refractivity (Wildman–Crippen MR) is 120 cm³/mol. The molecule has 5 rings (SSSR count). The van der Waals surface area contributed by atoms with Gasteiger partial charge < -0.3 is 9.80 Å². The van der Waals surface area contributed by atoms with Gasteiger partial charge in [-0.3, -0.25) is 9.78 Å². The van der Waals surface area contributed by atoms with Gasteiger partial charge in [0.05, 0.1) is 10.4 Å². The van der Waals surface area contributed by atoms with E-state index in [1.807, 2.05) is 4.90 Å². The number of piperazine rings is 1. The second-order valence-electron chi connectivity index (χ2n) is 7.64. The fraction of sp³-hybridized carbons (Fsp3) is 0.217. The lowest BCUT2D eigenvalue weighted by atomic mass is 10.0. The van der Waals surface area contributed by atoms with Crippen LogP contribution in [0.2, 0.25) is 5.02 Å². The summed E-state index contributed by atoms with van der Waals surface area (Å²) in [5, 5.41) is 1.48. The van der Waals surface area contributed by atoms with Gasteiger partial charge in [-0.1, -0.05) is 35.9 Å². The Morgan fingerprint density at radius 2 is 1.81 bits per heavy atom. The highest BCUT2D eigenvalue weighted by atomic mass is 35.5. The maximum absolute atomic E-state index is 15.7. The minimum Gasteiger partial charge on any atom is -0.352 e. The smallest absolute Gasteiger partial charge is 0.219 e. The minimum atomic E-state index is -0.624. The second kappa shape index (κ2) is 7.94. The molecule has 2 aromatic heterocycles. The van der Waals surface area contributed by atoms with Crippen molar-refractivity contribution < 1.29 is 13.6 Å². The molecule has 1 aliphatic heterocycles. The largest absolute Gasteiger partial charge is 0.352 e. The third kappa shape index (κ3) is 3.31. The van der Waals surface area contributed by atoms with Gasteiger partial charge in [0.15, 0.2) is 5.82 Å². The third-order valence-corrected chi connectivity index (χ3v) is 6.19. The van der Waals surface area contributed by atoms with Crippen molar-refractivity contribution in [2.45, 2.75) is 6.92 Å². The number of fused-ring (bicyclic) bond motifs is 2. The molecule has 0 aliphatic carbocycles. The quantitative estimate of drug-likeness (QED) is 0.449. The van der Waals surface area contributed by atoms with E-state index in [0.29, 0.717) is 53.7 Å². The highest BCUT2D eigenvalue weighted by molar-refractivity contribution is 6.36. The molecule has 1 fully saturated rings. The third-order valence-electron chi connectivity index (χ3n) is 5.82. The van der Waals surface area contributed by atoms with Crippen LogP contribution in [0.5, 0.6) is 0 Å². The van der Waals surface area contributed by atoms with E-state index in [2.05, 4.69) is 15.0 Å². The first-order valence-electron chi connectivity index (χ1n) is 10.1. The average Bonchev–Trinajstić information content (AvgIpc) is 2.81. The van der Waals surface area contributed by atoms with Crippen molar-refractivity contribution >= 4 is 45.0 Å². The summed E-state index contributed by atoms with van der Waals surface area (Å²) in [6.07, 6.45) is 2.85. The monoisotopic (exact) mass is 453 g/mol. The predicted octanol–water partition coefficient (Wildman–Crippen LogP) is 4.45. The molecule has 0 spiro atoms. The molecule has 3 heterocycles. The molecule has 0 bridgehead atoms. The first kappa shape index (κ1) is 20.5. The van der Waals surface area contributed by atoms with Crippen LogP contribution in [0.1, 0.15) is 6.92 Å². The summed E-state index contributed by atoms with van der Waals surface area (Å²) >= 11 is 6.23. The molecule has 1 saturated heterocycles. The van der Waals surface area contributed by atoms with Crippen LogP contribution in [0.4, 0.5) is 14.6 Å². The number of carbonyl (C=O) groups excluding carboxylic acids is 1. The molecule has 1 amide bonds. The number of pyridine rings is 1. The van der Waals surface area contributed by atoms with Crippen LogP contribution in [0, 0.1) is 11.6 Å². The molecule has 162 valence electrons. The number of hydrogen-bond acceptors (Lipinski definition) is 5. The van der Waals surface area contributed by atoms with E-state index in [0.717, 1.165) is 0 Å². The number of benzene rings is 2. The second-order valence-corrected chi connectivity index (χ2v) is 8.02. The topological polar surface area (TPSA) is 62.2 Å². The van der Waals surface area contributed by atoms with Gasteiger partial charge in [0.1, 0.15) is 29.2 Å². The molecule has 4 aromatic rings. The van der Waals surface area contributed by atoms with E-state index in [-0.39, 0.29) is 22.1 Å². The van der Waals surface area contributed by atoms with E-state index >= 15 is 4.39 Å². The number of carbonyl (C=O) groups is 1. The number of nitrogens with zero attached hydrogens (tertiary/aromatic N) is 5. The molecule has 0 N–H and O–H groups in total. The Labute approximate surface area is 187 Å². The van der Waals surface area contributed by atoms with Crippen molar-refractivity contribution in [3.63, 3.8) is 0 Å². The van der Waals surface area contributed by atoms with Crippen molar-refractivity contribution in [2.24, 2.45) is 0 Å². The van der Waals surface area contributed by atoms with E-state index in [4.69, 9.17) is 11.6 Å². The van der Waals surface area contributed by atoms with Gasteiger partial charge in [-0.15, -0.1) is 0 Å². The maximum atomic E-state index is 15.7. The molecule has 0 saturated carbocycles. The fourth-order valence-corrected chi connectivity index (χ4v) is 4.43. The summed E-state index contributed by atoms with van der Waals surface area (Å²) in [7, 11) is 0. The van der Waals surface area contributed by atoms with E-state index in [1.165, 1.54) is 18.6 Å². The number of aromatic nitrogens is 3. The van der Waals surface area contributed by atoms with Crippen LogP contribution >= 0.6 is 11.6 Å². The number of anilines is 1. The standard InChI is InChI=1S/C23H18ClF2N5O/c1-13(32)30-7-9-31(10-8-30)23-16-11-27-21(20(26)22(16)28-12-29-23)15-4-2-3-14-5-6-17(25)19(24)18(14)15/h2-6,11-12H,7-10H2,1H3. The molecule has 9 heteroatoms. The molecule has 0 atom stereocenters. The lowest BCUT2D eigenvalue weighted by Crippen LogP contribution is -2.48. The van der Waals surface area contributed by atoms with Crippen LogP contribution in [-0.4, -0.2) is 51.9 Å². The Hall–Kier alpha value is -3.39. The van der Waals surface area contributed by atoms with E-state index in [9.17, 15) is 9.18 Å². The first-order chi connectivity index (χ1) is 15.5. The summed E-state index contributed by atoms with van der Waals surface area (Å²) in [5.41, 5.74) is 0.557. The van der Waals surface area contributed by atoms with Gasteiger partial charge in [0, 0.05) is 50.2 Å². The summed E-state index contributed by atoms with van der Waals surface area (Å²) in [6, 6.07) is 8.07. The zero-order chi connectivity index (χ0) is 22.4. The van der Waals surface area contributed by atoms with E-state index < -0.39 is 11.6 Å². The van der Waals surface area contributed by atoms with Crippen molar-refractivity contribution in [1.29, 1.82) is 0 Å². The fourth-order valence-electron chi connectivity index (χ4n) is 4.16. The summed E-state index contributed by atoms with van der Waals surface area (Å²) < 4.78 is 29.8. The maximum Gasteiger partial charge on any atom is 0.219 e. The van der Waals surface area contributed by atoms with E-state index in [1.54, 1.807) is 36.1 Å². The molecule has 6 nitrogen and oxygen atoms in total. The Kier molecular flexibility index (Phi) is 5.09. The molecule has 2 aromatic carbocycles. The Bertz CT molecular complexity index is 1370. The number of hydrogen-bond donors (Lipinski definition) is 0. The lowest BCUT2D eigenvalue weighted by Gasteiger charge is -2.35. The van der Waals surface area contributed by atoms with Crippen LogP contribution in [-0.2, 0) is 4.79 Å². The van der Waals surface area contributed by atoms with Crippen LogP contribution in [0.3, 0.4) is 0 Å². The first-order valence-corrected chi connectivity index (χ1v) is 10.5. The lowest BCUT2D eigenvalue weighted by molar-refractivity contribution is -0.129. The number of halogens is 3. The zero-order valence-corrected chi connectivity index (χ0v) is 17.9. The average molecular weight is 454 g/mol. The summed E-state index contributed by atoms with van der Waals surface area (Å²) in [6.45, 7) is 3.83. The van der Waals surface area contributed by atoms with Crippen LogP contribution in [0.15, 0.2) is 42.9 Å². The van der Waals surface area contributed by atoms with Gasteiger partial charge in [-0.05, 0) is 11.5 Å². The Balaban J connectivity index is 1.62. The highest BCUT2D eigenvalue weighted by Gasteiger charge is 2.24. The van der Waals surface area contributed by atoms with Crippen molar-refractivity contribution in [3.8, 4) is 11.3 Å². The zero-order valence-electron chi connectivity index (χ0n) is 17.1. The van der Waals surface area contributed by atoms with Gasteiger partial charge >= 0.3 is 0 Å². The summed E-state index contributed by atoms with van der Waals surface area (Å²) in [4.78, 5) is 28.2. The summed E-state index contributed by atoms with van der Waals surface area (Å²) in [5.74, 6) is -0.610. The number of amides is 1. The van der Waals surface area contributed by atoms with Crippen molar-refractivity contribution in [2.75, 3.05) is 31.1 Å². The van der Waals surface area contributed by atoms with Gasteiger partial charge in [-0.2, -0.15) is 0 Å². The van der Waals surface area contributed by atoms with Crippen LogP contribution in [0.25, 0.3) is 32.9 Å². The molecular formula is C23H18ClF2N5O. The molecular weight excluding hydrogens is 436 g/mol. The van der Waals surface area contributed by atoms with Crippen molar-refractivity contribution in [3.05, 3.63) is 59.5 Å². The molecule has 1 aliphatic rings. The Morgan fingerprint density at radius 3 is 2.56 bits per heavy atom. The normalized spacial score (nSPS) is 14.4. The van der Waals surface area contributed by atoms with Crippen molar-refractivity contribution in [1.82, 2.24) is 19.9 Å². The van der Waals surface area contributed by atoms with Gasteiger partial charge in [0.2, 0.25) is 5.91 Å². The highest BCUT2D eigenvalue weighted by Crippen LogP contribution is 2.37.